The largest absolute Gasteiger partial charge is 0.396 e. The van der Waals surface area contributed by atoms with E-state index < -0.39 is 23.2 Å². The maximum absolute atomic E-state index is 13.1. The van der Waals surface area contributed by atoms with Crippen LogP contribution in [0.4, 0.5) is 0 Å². The summed E-state index contributed by atoms with van der Waals surface area (Å²) in [6, 6.07) is 0. The van der Waals surface area contributed by atoms with Crippen LogP contribution in [0.5, 0.6) is 0 Å². The summed E-state index contributed by atoms with van der Waals surface area (Å²) in [7, 11) is 0. The first kappa shape index (κ1) is 21.8. The maximum Gasteiger partial charge on any atom is 0.159 e. The van der Waals surface area contributed by atoms with Gasteiger partial charge >= 0.3 is 0 Å². The van der Waals surface area contributed by atoms with Gasteiger partial charge in [0.05, 0.1) is 24.4 Å². The van der Waals surface area contributed by atoms with Gasteiger partial charge in [0, 0.05) is 17.1 Å². The molecule has 4 aliphatic rings. The van der Waals surface area contributed by atoms with Crippen LogP contribution in [0.15, 0.2) is 11.6 Å². The van der Waals surface area contributed by atoms with E-state index in [9.17, 15) is 20.1 Å². The Morgan fingerprint density at radius 1 is 1.10 bits per heavy atom. The third kappa shape index (κ3) is 3.16. The van der Waals surface area contributed by atoms with E-state index in [2.05, 4.69) is 13.8 Å². The van der Waals surface area contributed by atoms with Crippen molar-refractivity contribution in [2.45, 2.75) is 76.6 Å². The lowest BCUT2D eigenvalue weighted by Crippen LogP contribution is -2.60. The zero-order valence-corrected chi connectivity index (χ0v) is 18.5. The van der Waals surface area contributed by atoms with Crippen LogP contribution < -0.4 is 0 Å². The van der Waals surface area contributed by atoms with Crippen molar-refractivity contribution >= 4 is 17.5 Å². The predicted molar refractivity (Wildman–Crippen MR) is 113 cm³/mol. The zero-order valence-electron chi connectivity index (χ0n) is 17.6. The lowest BCUT2D eigenvalue weighted by Gasteiger charge is -2.59. The van der Waals surface area contributed by atoms with E-state index in [1.807, 2.05) is 0 Å². The molecule has 0 aromatic carbocycles. The molecule has 0 aromatic heterocycles. The third-order valence-corrected chi connectivity index (χ3v) is 10.2. The van der Waals surface area contributed by atoms with E-state index in [4.69, 9.17) is 5.11 Å². The Labute approximate surface area is 178 Å². The molecule has 4 aliphatic carbocycles. The molecule has 0 aromatic rings. The monoisotopic (exact) mass is 424 g/mol. The van der Waals surface area contributed by atoms with Crippen molar-refractivity contribution < 1.29 is 25.2 Å². The van der Waals surface area contributed by atoms with Crippen molar-refractivity contribution in [3.8, 4) is 0 Å². The molecule has 8 atom stereocenters. The molecule has 0 bridgehead atoms. The summed E-state index contributed by atoms with van der Waals surface area (Å²) in [6.07, 6.45) is 5.36. The number of hydrogen-bond donors (Lipinski definition) is 4. The summed E-state index contributed by atoms with van der Waals surface area (Å²) in [5.41, 5.74) is -0.673. The van der Waals surface area contributed by atoms with Crippen LogP contribution in [0.1, 0.15) is 58.8 Å². The SMILES string of the molecule is CC12CC(O)C(O)CC1C(=O)C=C1C2CCC2(C)[C@@H](CCSCCO)CC[C@@]12O. The van der Waals surface area contributed by atoms with E-state index in [0.29, 0.717) is 25.2 Å². The van der Waals surface area contributed by atoms with Crippen molar-refractivity contribution in [3.63, 3.8) is 0 Å². The Morgan fingerprint density at radius 3 is 2.59 bits per heavy atom. The molecular weight excluding hydrogens is 388 g/mol. The maximum atomic E-state index is 13.1. The highest BCUT2D eigenvalue weighted by Crippen LogP contribution is 2.67. The zero-order chi connectivity index (χ0) is 21.0. The Kier molecular flexibility index (Phi) is 5.74. The standard InChI is InChI=1S/C23H36O5S/c1-21-13-20(27)19(26)12-17(21)18(25)11-16-15(21)4-6-22(2)14(3-7-23(16,22)28)5-9-29-10-8-24/h11,14-15,17,19-20,24,26-28H,3-10,12-13H2,1-2H3/t14-,15?,17?,19?,20?,21?,22?,23-/m1/s1. The summed E-state index contributed by atoms with van der Waals surface area (Å²) in [4.78, 5) is 13.1. The molecule has 0 aliphatic heterocycles. The number of hydrogen-bond acceptors (Lipinski definition) is 6. The average Bonchev–Trinajstić information content (AvgIpc) is 2.93. The smallest absolute Gasteiger partial charge is 0.159 e. The van der Waals surface area contributed by atoms with E-state index in [0.717, 1.165) is 42.8 Å². The highest BCUT2D eigenvalue weighted by atomic mass is 32.2. The fourth-order valence-electron chi connectivity index (χ4n) is 7.33. The lowest BCUT2D eigenvalue weighted by atomic mass is 9.46. The van der Waals surface area contributed by atoms with Crippen molar-refractivity contribution in [1.82, 2.24) is 0 Å². The first-order valence-electron chi connectivity index (χ1n) is 11.2. The average molecular weight is 425 g/mol. The van der Waals surface area contributed by atoms with Gasteiger partial charge in [-0.15, -0.1) is 0 Å². The molecule has 29 heavy (non-hydrogen) atoms. The van der Waals surface area contributed by atoms with Gasteiger partial charge in [-0.1, -0.05) is 13.8 Å². The second-order valence-corrected chi connectivity index (χ2v) is 11.6. The van der Waals surface area contributed by atoms with Crippen LogP contribution in [0, 0.1) is 28.6 Å². The van der Waals surface area contributed by atoms with Crippen LogP contribution in [-0.2, 0) is 4.79 Å². The van der Waals surface area contributed by atoms with Gasteiger partial charge in [0.25, 0.3) is 0 Å². The lowest BCUT2D eigenvalue weighted by molar-refractivity contribution is -0.152. The number of fused-ring (bicyclic) bond motifs is 5. The quantitative estimate of drug-likeness (QED) is 0.506. The summed E-state index contributed by atoms with van der Waals surface area (Å²) < 4.78 is 0. The first-order chi connectivity index (χ1) is 13.7. The molecule has 164 valence electrons. The second-order valence-electron chi connectivity index (χ2n) is 10.4. The normalized spacial score (nSPS) is 49.2. The predicted octanol–water partition coefficient (Wildman–Crippen LogP) is 2.31. The van der Waals surface area contributed by atoms with Gasteiger partial charge in [-0.2, -0.15) is 11.8 Å². The molecule has 3 fully saturated rings. The number of aliphatic hydroxyl groups excluding tert-OH is 3. The van der Waals surface area contributed by atoms with Gasteiger partial charge in [0.2, 0.25) is 0 Å². The van der Waals surface area contributed by atoms with Gasteiger partial charge in [-0.25, -0.2) is 0 Å². The molecule has 5 nitrogen and oxygen atoms in total. The van der Waals surface area contributed by atoms with E-state index >= 15 is 0 Å². The molecule has 0 heterocycles. The molecule has 6 unspecified atom stereocenters. The minimum absolute atomic E-state index is 0.0179. The Bertz CT molecular complexity index is 695. The molecule has 0 radical (unpaired) electrons. The molecular formula is C23H36O5S. The van der Waals surface area contributed by atoms with Gasteiger partial charge in [0.15, 0.2) is 5.78 Å². The Morgan fingerprint density at radius 2 is 1.86 bits per heavy atom. The highest BCUT2D eigenvalue weighted by molar-refractivity contribution is 7.99. The van der Waals surface area contributed by atoms with Crippen molar-refractivity contribution in [2.75, 3.05) is 18.1 Å². The van der Waals surface area contributed by atoms with Crippen molar-refractivity contribution in [3.05, 3.63) is 11.6 Å². The molecule has 0 saturated heterocycles. The van der Waals surface area contributed by atoms with Gasteiger partial charge in [-0.3, -0.25) is 4.79 Å². The van der Waals surface area contributed by atoms with E-state index in [-0.39, 0.29) is 29.6 Å². The minimum Gasteiger partial charge on any atom is -0.396 e. The van der Waals surface area contributed by atoms with Crippen LogP contribution in [0.25, 0.3) is 0 Å². The number of carbonyl (C=O) groups excluding carboxylic acids is 1. The molecule has 0 amide bonds. The van der Waals surface area contributed by atoms with Gasteiger partial charge in [-0.05, 0) is 79.6 Å². The number of allylic oxidation sites excluding steroid dienone is 1. The van der Waals surface area contributed by atoms with Crippen molar-refractivity contribution in [2.24, 2.45) is 28.6 Å². The fourth-order valence-corrected chi connectivity index (χ4v) is 8.12. The summed E-state index contributed by atoms with van der Waals surface area (Å²) >= 11 is 1.76. The summed E-state index contributed by atoms with van der Waals surface area (Å²) in [5.74, 6) is 2.00. The topological polar surface area (TPSA) is 98.0 Å². The second kappa shape index (κ2) is 7.63. The first-order valence-corrected chi connectivity index (χ1v) is 12.4. The number of aliphatic hydroxyl groups is 4. The minimum atomic E-state index is -0.952. The molecule has 3 saturated carbocycles. The van der Waals surface area contributed by atoms with Gasteiger partial charge < -0.3 is 20.4 Å². The molecule has 0 spiro atoms. The summed E-state index contributed by atoms with van der Waals surface area (Å²) in [5, 5.41) is 41.5. The Hall–Kier alpha value is -0.400. The van der Waals surface area contributed by atoms with Crippen molar-refractivity contribution in [1.29, 1.82) is 0 Å². The van der Waals surface area contributed by atoms with Crippen LogP contribution in [-0.4, -0.2) is 62.1 Å². The van der Waals surface area contributed by atoms with Crippen LogP contribution >= 0.6 is 11.8 Å². The van der Waals surface area contributed by atoms with Gasteiger partial charge in [0.1, 0.15) is 0 Å². The third-order valence-electron chi connectivity index (χ3n) is 9.16. The Balaban J connectivity index is 1.63. The highest BCUT2D eigenvalue weighted by Gasteiger charge is 2.66. The fraction of sp³-hybridized carbons (Fsp3) is 0.870. The molecule has 6 heteroatoms. The molecule has 4 rings (SSSR count). The number of carbonyl (C=O) groups is 1. The summed E-state index contributed by atoms with van der Waals surface area (Å²) in [6.45, 7) is 4.50. The number of ketones is 1. The number of rotatable bonds is 5. The van der Waals surface area contributed by atoms with E-state index in [1.165, 1.54) is 0 Å². The van der Waals surface area contributed by atoms with E-state index in [1.54, 1.807) is 17.8 Å². The van der Waals surface area contributed by atoms with Crippen LogP contribution in [0.3, 0.4) is 0 Å². The molecule has 4 N–H and O–H groups in total. The number of thioether (sulfide) groups is 1. The van der Waals surface area contributed by atoms with Crippen LogP contribution in [0.2, 0.25) is 0 Å².